The number of nitrogens with zero attached hydrogens (tertiary/aromatic N) is 2. The first-order chi connectivity index (χ1) is 12.1. The number of likely N-dealkylation sites (tertiary alicyclic amines) is 1. The van der Waals surface area contributed by atoms with Crippen LogP contribution < -0.4 is 0 Å². The van der Waals surface area contributed by atoms with Crippen LogP contribution in [0.2, 0.25) is 0 Å². The molecule has 3 amide bonds. The fraction of sp³-hybridized carbons (Fsp3) is 0.421. The zero-order valence-electron chi connectivity index (χ0n) is 14.4. The van der Waals surface area contributed by atoms with Crippen LogP contribution in [0, 0.1) is 6.92 Å². The van der Waals surface area contributed by atoms with Gasteiger partial charge in [-0.3, -0.25) is 19.3 Å². The summed E-state index contributed by atoms with van der Waals surface area (Å²) < 4.78 is 0. The van der Waals surface area contributed by atoms with Crippen molar-refractivity contribution in [1.82, 2.24) is 9.80 Å². The van der Waals surface area contributed by atoms with Crippen molar-refractivity contribution in [2.24, 2.45) is 0 Å². The summed E-state index contributed by atoms with van der Waals surface area (Å²) in [5.74, 6) is -0.511. The summed E-state index contributed by atoms with van der Waals surface area (Å²) >= 11 is 0.906. The molecule has 0 radical (unpaired) electrons. The number of aryl methyl sites for hydroxylation is 1. The zero-order chi connectivity index (χ0) is 17.8. The highest BCUT2D eigenvalue weighted by atomic mass is 32.2. The number of imide groups is 1. The zero-order valence-corrected chi connectivity index (χ0v) is 15.2. The van der Waals surface area contributed by atoms with Gasteiger partial charge < -0.3 is 4.90 Å². The fourth-order valence-electron chi connectivity index (χ4n) is 3.08. The van der Waals surface area contributed by atoms with Crippen molar-refractivity contribution in [3.63, 3.8) is 0 Å². The maximum absolute atomic E-state index is 12.6. The Labute approximate surface area is 152 Å². The summed E-state index contributed by atoms with van der Waals surface area (Å²) in [5.41, 5.74) is 1.95. The molecule has 0 unspecified atom stereocenters. The van der Waals surface area contributed by atoms with Crippen LogP contribution in [0.4, 0.5) is 4.79 Å². The molecule has 0 saturated carbocycles. The molecular formula is C19H22N2O3S. The van der Waals surface area contributed by atoms with E-state index in [4.69, 9.17) is 0 Å². The summed E-state index contributed by atoms with van der Waals surface area (Å²) in [7, 11) is 0. The van der Waals surface area contributed by atoms with E-state index in [1.165, 1.54) is 0 Å². The summed E-state index contributed by atoms with van der Waals surface area (Å²) in [6.45, 7) is 3.23. The van der Waals surface area contributed by atoms with Crippen LogP contribution in [0.5, 0.6) is 0 Å². The molecule has 0 N–H and O–H groups in total. The first kappa shape index (κ1) is 17.7. The summed E-state index contributed by atoms with van der Waals surface area (Å²) in [5, 5.41) is -0.368. The standard InChI is InChI=1S/C19H22N2O3S/c1-14-8-4-5-9-15(14)12-16-18(23)21(19(24)25-16)13-17(22)20-10-6-2-3-7-11-20/h4-5,8-9,12H,2-3,6-7,10-11,13H2,1H3/b16-12+. The van der Waals surface area contributed by atoms with Crippen molar-refractivity contribution >= 4 is 34.9 Å². The van der Waals surface area contributed by atoms with Gasteiger partial charge >= 0.3 is 0 Å². The van der Waals surface area contributed by atoms with E-state index in [0.717, 1.165) is 53.5 Å². The molecule has 0 aromatic heterocycles. The minimum absolute atomic E-state index is 0.138. The van der Waals surface area contributed by atoms with E-state index in [0.29, 0.717) is 18.0 Å². The Balaban J connectivity index is 1.71. The van der Waals surface area contributed by atoms with Gasteiger partial charge in [-0.1, -0.05) is 37.1 Å². The van der Waals surface area contributed by atoms with E-state index < -0.39 is 0 Å². The number of hydrogen-bond acceptors (Lipinski definition) is 4. The largest absolute Gasteiger partial charge is 0.341 e. The van der Waals surface area contributed by atoms with Gasteiger partial charge in [-0.2, -0.15) is 0 Å². The molecule has 0 atom stereocenters. The molecule has 1 aromatic carbocycles. The van der Waals surface area contributed by atoms with Crippen LogP contribution >= 0.6 is 11.8 Å². The predicted octanol–water partition coefficient (Wildman–Crippen LogP) is 3.43. The Morgan fingerprint density at radius 1 is 1.12 bits per heavy atom. The summed E-state index contributed by atoms with van der Waals surface area (Å²) in [4.78, 5) is 40.5. The molecule has 2 aliphatic heterocycles. The number of thioether (sulfide) groups is 1. The van der Waals surface area contributed by atoms with Gasteiger partial charge in [-0.15, -0.1) is 0 Å². The Morgan fingerprint density at radius 3 is 2.48 bits per heavy atom. The molecule has 0 spiro atoms. The molecule has 1 aromatic rings. The van der Waals surface area contributed by atoms with E-state index in [2.05, 4.69) is 0 Å². The van der Waals surface area contributed by atoms with Crippen molar-refractivity contribution in [1.29, 1.82) is 0 Å². The second-order valence-electron chi connectivity index (χ2n) is 6.42. The van der Waals surface area contributed by atoms with Crippen molar-refractivity contribution in [3.8, 4) is 0 Å². The lowest BCUT2D eigenvalue weighted by Gasteiger charge is -2.22. The summed E-state index contributed by atoms with van der Waals surface area (Å²) in [6, 6.07) is 7.69. The number of hydrogen-bond donors (Lipinski definition) is 0. The van der Waals surface area contributed by atoms with Crippen molar-refractivity contribution in [3.05, 3.63) is 40.3 Å². The molecule has 3 rings (SSSR count). The topological polar surface area (TPSA) is 57.7 Å². The van der Waals surface area contributed by atoms with Crippen LogP contribution in [0.15, 0.2) is 29.2 Å². The third-order valence-electron chi connectivity index (χ3n) is 4.60. The average molecular weight is 358 g/mol. The van der Waals surface area contributed by atoms with Gasteiger partial charge in [-0.25, -0.2) is 0 Å². The summed E-state index contributed by atoms with van der Waals surface area (Å²) in [6.07, 6.45) is 5.97. The molecule has 25 heavy (non-hydrogen) atoms. The van der Waals surface area contributed by atoms with Gasteiger partial charge in [0.25, 0.3) is 11.1 Å². The highest BCUT2D eigenvalue weighted by molar-refractivity contribution is 8.18. The van der Waals surface area contributed by atoms with E-state index in [9.17, 15) is 14.4 Å². The lowest BCUT2D eigenvalue weighted by molar-refractivity contribution is -0.135. The van der Waals surface area contributed by atoms with E-state index in [1.54, 1.807) is 11.0 Å². The maximum Gasteiger partial charge on any atom is 0.294 e. The second-order valence-corrected chi connectivity index (χ2v) is 7.41. The Bertz CT molecular complexity index is 721. The molecule has 5 nitrogen and oxygen atoms in total. The maximum atomic E-state index is 12.6. The lowest BCUT2D eigenvalue weighted by atomic mass is 10.1. The van der Waals surface area contributed by atoms with Crippen LogP contribution in [-0.4, -0.2) is 46.5 Å². The highest BCUT2D eigenvalue weighted by Gasteiger charge is 2.37. The van der Waals surface area contributed by atoms with Crippen molar-refractivity contribution < 1.29 is 14.4 Å². The molecule has 6 heteroatoms. The van der Waals surface area contributed by atoms with Gasteiger partial charge in [0.15, 0.2) is 0 Å². The normalized spacial score (nSPS) is 20.3. The molecule has 2 aliphatic rings. The van der Waals surface area contributed by atoms with Gasteiger partial charge in [0, 0.05) is 13.1 Å². The molecular weight excluding hydrogens is 336 g/mol. The van der Waals surface area contributed by atoms with Crippen LogP contribution in [0.3, 0.4) is 0 Å². The van der Waals surface area contributed by atoms with Crippen LogP contribution in [0.1, 0.15) is 36.8 Å². The second kappa shape index (κ2) is 7.87. The Kier molecular flexibility index (Phi) is 5.58. The molecule has 132 valence electrons. The van der Waals surface area contributed by atoms with Gasteiger partial charge in [0.2, 0.25) is 5.91 Å². The quantitative estimate of drug-likeness (QED) is 0.777. The smallest absolute Gasteiger partial charge is 0.294 e. The van der Waals surface area contributed by atoms with Crippen molar-refractivity contribution in [2.45, 2.75) is 32.6 Å². The number of rotatable bonds is 3. The van der Waals surface area contributed by atoms with Gasteiger partial charge in [-0.05, 0) is 48.7 Å². The number of carbonyl (C=O) groups excluding carboxylic acids is 3. The van der Waals surface area contributed by atoms with Crippen molar-refractivity contribution in [2.75, 3.05) is 19.6 Å². The van der Waals surface area contributed by atoms with Crippen LogP contribution in [0.25, 0.3) is 6.08 Å². The van der Waals surface area contributed by atoms with Gasteiger partial charge in [0.1, 0.15) is 6.54 Å². The van der Waals surface area contributed by atoms with Crippen LogP contribution in [-0.2, 0) is 9.59 Å². The Hall–Kier alpha value is -2.08. The minimum atomic E-state index is -0.374. The molecule has 2 saturated heterocycles. The molecule has 0 bridgehead atoms. The third kappa shape index (κ3) is 4.12. The Morgan fingerprint density at radius 2 is 1.80 bits per heavy atom. The molecule has 0 aliphatic carbocycles. The van der Waals surface area contributed by atoms with E-state index in [1.807, 2.05) is 31.2 Å². The monoisotopic (exact) mass is 358 g/mol. The van der Waals surface area contributed by atoms with E-state index >= 15 is 0 Å². The number of carbonyl (C=O) groups is 3. The number of benzene rings is 1. The molecule has 2 heterocycles. The highest BCUT2D eigenvalue weighted by Crippen LogP contribution is 2.32. The first-order valence-corrected chi connectivity index (χ1v) is 9.46. The first-order valence-electron chi connectivity index (χ1n) is 8.65. The average Bonchev–Trinajstić information content (AvgIpc) is 2.80. The fourth-order valence-corrected chi connectivity index (χ4v) is 3.91. The lowest BCUT2D eigenvalue weighted by Crippen LogP contribution is -2.42. The minimum Gasteiger partial charge on any atom is -0.341 e. The third-order valence-corrected chi connectivity index (χ3v) is 5.51. The molecule has 2 fully saturated rings. The predicted molar refractivity (Wildman–Crippen MR) is 98.9 cm³/mol. The van der Waals surface area contributed by atoms with E-state index in [-0.39, 0.29) is 23.6 Å². The number of amides is 3. The van der Waals surface area contributed by atoms with Gasteiger partial charge in [0.05, 0.1) is 4.91 Å². The SMILES string of the molecule is Cc1ccccc1/C=C1/SC(=O)N(CC(=O)N2CCCCCC2)C1=O.